The van der Waals surface area contributed by atoms with Crippen molar-refractivity contribution < 1.29 is 4.74 Å². The van der Waals surface area contributed by atoms with Gasteiger partial charge >= 0.3 is 0 Å². The molecule has 0 spiro atoms. The van der Waals surface area contributed by atoms with Crippen molar-refractivity contribution in [3.8, 4) is 0 Å². The SMILES string of the molecule is COCCN=C(NN)NC1CCCC1SC. The number of nitrogens with one attached hydrogen (secondary N) is 2. The molecule has 0 heterocycles. The minimum atomic E-state index is 0.479. The summed E-state index contributed by atoms with van der Waals surface area (Å²) in [6.45, 7) is 1.24. The van der Waals surface area contributed by atoms with Crippen molar-refractivity contribution in [1.29, 1.82) is 0 Å². The van der Waals surface area contributed by atoms with Crippen LogP contribution in [0.4, 0.5) is 0 Å². The number of hydrogen-bond donors (Lipinski definition) is 3. The van der Waals surface area contributed by atoms with Gasteiger partial charge in [-0.1, -0.05) is 6.42 Å². The smallest absolute Gasteiger partial charge is 0.206 e. The molecule has 0 saturated heterocycles. The van der Waals surface area contributed by atoms with E-state index in [1.807, 2.05) is 11.8 Å². The van der Waals surface area contributed by atoms with Crippen molar-refractivity contribution in [2.24, 2.45) is 10.8 Å². The molecule has 1 aliphatic rings. The van der Waals surface area contributed by atoms with Gasteiger partial charge in [-0.3, -0.25) is 5.43 Å². The van der Waals surface area contributed by atoms with Crippen molar-refractivity contribution in [2.45, 2.75) is 30.6 Å². The topological polar surface area (TPSA) is 71.7 Å². The number of ether oxygens (including phenoxy) is 1. The average Bonchev–Trinajstić information content (AvgIpc) is 2.75. The monoisotopic (exact) mass is 246 g/mol. The fourth-order valence-electron chi connectivity index (χ4n) is 1.93. The third-order valence-electron chi connectivity index (χ3n) is 2.78. The van der Waals surface area contributed by atoms with Crippen LogP contribution in [-0.2, 0) is 4.74 Å². The van der Waals surface area contributed by atoms with Crippen LogP contribution in [0.1, 0.15) is 19.3 Å². The van der Waals surface area contributed by atoms with E-state index < -0.39 is 0 Å². The summed E-state index contributed by atoms with van der Waals surface area (Å²) in [6.07, 6.45) is 5.90. The zero-order chi connectivity index (χ0) is 11.8. The molecule has 0 radical (unpaired) electrons. The zero-order valence-corrected chi connectivity index (χ0v) is 10.8. The lowest BCUT2D eigenvalue weighted by molar-refractivity contribution is 0.208. The molecule has 16 heavy (non-hydrogen) atoms. The van der Waals surface area contributed by atoms with Crippen molar-refractivity contribution in [3.05, 3.63) is 0 Å². The van der Waals surface area contributed by atoms with Gasteiger partial charge in [0.05, 0.1) is 13.2 Å². The second kappa shape index (κ2) is 7.76. The Kier molecular flexibility index (Phi) is 6.59. The third kappa shape index (κ3) is 4.19. The fraction of sp³-hybridized carbons (Fsp3) is 0.900. The summed E-state index contributed by atoms with van der Waals surface area (Å²) in [7, 11) is 1.67. The van der Waals surface area contributed by atoms with E-state index in [2.05, 4.69) is 22.0 Å². The van der Waals surface area contributed by atoms with E-state index in [9.17, 15) is 0 Å². The second-order valence-electron chi connectivity index (χ2n) is 3.82. The maximum atomic E-state index is 5.43. The molecule has 0 bridgehead atoms. The Balaban J connectivity index is 2.39. The average molecular weight is 246 g/mol. The number of rotatable bonds is 5. The van der Waals surface area contributed by atoms with Gasteiger partial charge in [0.25, 0.3) is 0 Å². The first kappa shape index (κ1) is 13.6. The molecule has 94 valence electrons. The standard InChI is InChI=1S/C10H22N4OS/c1-15-7-6-12-10(14-11)13-8-4-3-5-9(8)16-2/h8-9H,3-7,11H2,1-2H3,(H2,12,13,14). The largest absolute Gasteiger partial charge is 0.383 e. The van der Waals surface area contributed by atoms with Crippen LogP contribution in [0, 0.1) is 0 Å². The first-order valence-electron chi connectivity index (χ1n) is 5.61. The normalized spacial score (nSPS) is 25.8. The van der Waals surface area contributed by atoms with Crippen molar-refractivity contribution >= 4 is 17.7 Å². The highest BCUT2D eigenvalue weighted by Crippen LogP contribution is 2.28. The molecule has 1 rings (SSSR count). The van der Waals surface area contributed by atoms with Gasteiger partial charge in [-0.15, -0.1) is 0 Å². The number of nitrogens with two attached hydrogens (primary N) is 1. The zero-order valence-electron chi connectivity index (χ0n) is 10.0. The Morgan fingerprint density at radius 2 is 2.38 bits per heavy atom. The van der Waals surface area contributed by atoms with Gasteiger partial charge in [-0.2, -0.15) is 11.8 Å². The van der Waals surface area contributed by atoms with Gasteiger partial charge < -0.3 is 10.1 Å². The first-order valence-corrected chi connectivity index (χ1v) is 6.90. The molecule has 1 saturated carbocycles. The maximum absolute atomic E-state index is 5.43. The van der Waals surface area contributed by atoms with Gasteiger partial charge in [-0.25, -0.2) is 10.8 Å². The van der Waals surface area contributed by atoms with Crippen LogP contribution in [-0.4, -0.2) is 43.8 Å². The molecule has 6 heteroatoms. The highest BCUT2D eigenvalue weighted by atomic mass is 32.2. The molecule has 0 aromatic carbocycles. The van der Waals surface area contributed by atoms with Crippen molar-refractivity contribution in [3.63, 3.8) is 0 Å². The summed E-state index contributed by atoms with van der Waals surface area (Å²) in [5.74, 6) is 6.10. The van der Waals surface area contributed by atoms with Crippen molar-refractivity contribution in [1.82, 2.24) is 10.7 Å². The predicted octanol–water partition coefficient (Wildman–Crippen LogP) is 0.326. The Hall–Kier alpha value is -0.460. The van der Waals surface area contributed by atoms with Crippen LogP contribution >= 0.6 is 11.8 Å². The van der Waals surface area contributed by atoms with E-state index in [4.69, 9.17) is 10.6 Å². The van der Waals surface area contributed by atoms with E-state index in [0.29, 0.717) is 30.4 Å². The molecule has 4 N–H and O–H groups in total. The van der Waals surface area contributed by atoms with Gasteiger partial charge in [0, 0.05) is 18.4 Å². The molecule has 2 atom stereocenters. The second-order valence-corrected chi connectivity index (χ2v) is 4.90. The highest BCUT2D eigenvalue weighted by Gasteiger charge is 2.26. The Morgan fingerprint density at radius 1 is 1.56 bits per heavy atom. The maximum Gasteiger partial charge on any atom is 0.206 e. The van der Waals surface area contributed by atoms with Crippen LogP contribution in [0.25, 0.3) is 0 Å². The van der Waals surface area contributed by atoms with Crippen LogP contribution < -0.4 is 16.6 Å². The molecule has 0 aliphatic heterocycles. The quantitative estimate of drug-likeness (QED) is 0.214. The van der Waals surface area contributed by atoms with E-state index in [-0.39, 0.29) is 0 Å². The Labute approximate surface area is 102 Å². The molecular weight excluding hydrogens is 224 g/mol. The number of guanidine groups is 1. The highest BCUT2D eigenvalue weighted by molar-refractivity contribution is 7.99. The summed E-state index contributed by atoms with van der Waals surface area (Å²) >= 11 is 1.91. The summed E-state index contributed by atoms with van der Waals surface area (Å²) in [6, 6.07) is 0.479. The minimum absolute atomic E-state index is 0.479. The van der Waals surface area contributed by atoms with Crippen LogP contribution in [0.15, 0.2) is 4.99 Å². The molecule has 0 amide bonds. The molecule has 5 nitrogen and oxygen atoms in total. The number of methoxy groups -OCH3 is 1. The third-order valence-corrected chi connectivity index (χ3v) is 3.95. The van der Waals surface area contributed by atoms with Crippen LogP contribution in [0.3, 0.4) is 0 Å². The lowest BCUT2D eigenvalue weighted by atomic mass is 10.2. The molecule has 1 fully saturated rings. The summed E-state index contributed by atoms with van der Waals surface area (Å²) in [4.78, 5) is 4.30. The predicted molar refractivity (Wildman–Crippen MR) is 69.6 cm³/mol. The van der Waals surface area contributed by atoms with Crippen LogP contribution in [0.2, 0.25) is 0 Å². The summed E-state index contributed by atoms with van der Waals surface area (Å²) < 4.78 is 4.94. The summed E-state index contributed by atoms with van der Waals surface area (Å²) in [5, 5.41) is 4.03. The summed E-state index contributed by atoms with van der Waals surface area (Å²) in [5.41, 5.74) is 2.61. The van der Waals surface area contributed by atoms with E-state index in [1.165, 1.54) is 19.3 Å². The van der Waals surface area contributed by atoms with Gasteiger partial charge in [0.1, 0.15) is 0 Å². The minimum Gasteiger partial charge on any atom is -0.383 e. The molecule has 0 aromatic rings. The number of nitrogens with zero attached hydrogens (tertiary/aromatic N) is 1. The van der Waals surface area contributed by atoms with E-state index in [1.54, 1.807) is 7.11 Å². The number of thioether (sulfide) groups is 1. The van der Waals surface area contributed by atoms with E-state index in [0.717, 1.165) is 0 Å². The molecule has 1 aliphatic carbocycles. The van der Waals surface area contributed by atoms with Crippen molar-refractivity contribution in [2.75, 3.05) is 26.5 Å². The number of aliphatic imine (C=N–C) groups is 1. The first-order chi connectivity index (χ1) is 7.81. The molecule has 0 aromatic heterocycles. The molecule has 2 unspecified atom stereocenters. The lowest BCUT2D eigenvalue weighted by Crippen LogP contribution is -2.48. The number of hydrazine groups is 1. The van der Waals surface area contributed by atoms with Gasteiger partial charge in [-0.05, 0) is 19.1 Å². The van der Waals surface area contributed by atoms with Crippen LogP contribution in [0.5, 0.6) is 0 Å². The number of hydrogen-bond acceptors (Lipinski definition) is 4. The Morgan fingerprint density at radius 3 is 3.00 bits per heavy atom. The van der Waals surface area contributed by atoms with Gasteiger partial charge in [0.2, 0.25) is 5.96 Å². The Bertz CT molecular complexity index is 225. The fourth-order valence-corrected chi connectivity index (χ4v) is 2.87. The van der Waals surface area contributed by atoms with Gasteiger partial charge in [0.15, 0.2) is 0 Å². The van der Waals surface area contributed by atoms with E-state index >= 15 is 0 Å². The molecular formula is C10H22N4OS. The lowest BCUT2D eigenvalue weighted by Gasteiger charge is -2.21.